The van der Waals surface area contributed by atoms with Crippen molar-refractivity contribution < 1.29 is 27.5 Å². The van der Waals surface area contributed by atoms with Gasteiger partial charge in [0, 0.05) is 0 Å². The van der Waals surface area contributed by atoms with E-state index in [9.17, 15) is 22.8 Å². The Morgan fingerprint density at radius 3 is 2.25 bits per heavy atom. The van der Waals surface area contributed by atoms with Crippen LogP contribution in [0.4, 0.5) is 18.9 Å². The Balaban J connectivity index is 2.05. The summed E-state index contributed by atoms with van der Waals surface area (Å²) in [4.78, 5) is 24.6. The lowest BCUT2D eigenvalue weighted by molar-refractivity contribution is -0.150. The average molecular weight is 393 g/mol. The minimum Gasteiger partial charge on any atom is -0.455 e. The van der Waals surface area contributed by atoms with E-state index in [0.29, 0.717) is 0 Å². The molecule has 0 aliphatic heterocycles. The Bertz CT molecular complexity index is 806. The van der Waals surface area contributed by atoms with Gasteiger partial charge in [-0.2, -0.15) is 13.2 Å². The van der Waals surface area contributed by atoms with E-state index in [2.05, 4.69) is 5.32 Å². The predicted octanol–water partition coefficient (Wildman–Crippen LogP) is 5.02. The van der Waals surface area contributed by atoms with Gasteiger partial charge in [-0.25, -0.2) is 0 Å². The molecular weight excluding hydrogens is 371 g/mol. The summed E-state index contributed by atoms with van der Waals surface area (Å²) >= 11 is 0. The third kappa shape index (κ3) is 5.58. The fourth-order valence-corrected chi connectivity index (χ4v) is 2.85. The minimum atomic E-state index is -4.60. The van der Waals surface area contributed by atoms with Crippen molar-refractivity contribution in [1.82, 2.24) is 0 Å². The zero-order valence-electron chi connectivity index (χ0n) is 15.6. The van der Waals surface area contributed by atoms with Crippen LogP contribution in [0, 0.1) is 5.92 Å². The zero-order chi connectivity index (χ0) is 20.7. The fraction of sp³-hybridized carbons (Fsp3) is 0.333. The normalized spacial score (nSPS) is 13.5. The number of amides is 1. The monoisotopic (exact) mass is 393 g/mol. The highest BCUT2D eigenvalue weighted by Gasteiger charge is 2.34. The molecule has 4 nitrogen and oxygen atoms in total. The van der Waals surface area contributed by atoms with E-state index >= 15 is 0 Å². The number of carbonyl (C=O) groups excluding carboxylic acids is 2. The van der Waals surface area contributed by atoms with E-state index in [1.807, 2.05) is 19.9 Å². The van der Waals surface area contributed by atoms with E-state index in [1.54, 1.807) is 24.3 Å². The smallest absolute Gasteiger partial charge is 0.418 e. The number of hydrogen-bond donors (Lipinski definition) is 1. The number of rotatable bonds is 7. The molecule has 7 heteroatoms. The summed E-state index contributed by atoms with van der Waals surface area (Å²) in [6, 6.07) is 13.7. The molecule has 2 atom stereocenters. The summed E-state index contributed by atoms with van der Waals surface area (Å²) in [5, 5.41) is 2.16. The van der Waals surface area contributed by atoms with E-state index in [4.69, 9.17) is 4.74 Å². The lowest BCUT2D eigenvalue weighted by Crippen LogP contribution is -2.27. The van der Waals surface area contributed by atoms with Crippen molar-refractivity contribution in [3.63, 3.8) is 0 Å². The molecule has 2 aromatic carbocycles. The van der Waals surface area contributed by atoms with Gasteiger partial charge in [0.15, 0.2) is 6.61 Å². The maximum atomic E-state index is 13.0. The molecule has 0 bridgehead atoms. The standard InChI is InChI=1S/C21H22F3NO3/c1-3-14(2)19(15-9-5-4-6-10-15)20(27)28-13-18(26)25-17-12-8-7-11-16(17)21(22,23)24/h4-12,14,19H,3,13H2,1-2H3,(H,25,26)/t14-,19+/m1/s1. The number of halogens is 3. The summed E-state index contributed by atoms with van der Waals surface area (Å²) in [7, 11) is 0. The van der Waals surface area contributed by atoms with Crippen LogP contribution in [-0.4, -0.2) is 18.5 Å². The van der Waals surface area contributed by atoms with Gasteiger partial charge in [-0.05, 0) is 23.6 Å². The molecule has 0 spiro atoms. The first kappa shape index (κ1) is 21.5. The highest BCUT2D eigenvalue weighted by molar-refractivity contribution is 5.94. The lowest BCUT2D eigenvalue weighted by Gasteiger charge is -2.22. The molecule has 0 heterocycles. The first-order chi connectivity index (χ1) is 13.2. The van der Waals surface area contributed by atoms with Crippen molar-refractivity contribution in [1.29, 1.82) is 0 Å². The minimum absolute atomic E-state index is 0.0242. The predicted molar refractivity (Wildman–Crippen MR) is 99.7 cm³/mol. The van der Waals surface area contributed by atoms with Crippen LogP contribution in [-0.2, 0) is 20.5 Å². The van der Waals surface area contributed by atoms with Gasteiger partial charge in [0.25, 0.3) is 5.91 Å². The molecule has 150 valence electrons. The van der Waals surface area contributed by atoms with Crippen LogP contribution in [0.2, 0.25) is 0 Å². The second-order valence-corrected chi connectivity index (χ2v) is 6.47. The van der Waals surface area contributed by atoms with Gasteiger partial charge < -0.3 is 10.1 Å². The summed E-state index contributed by atoms with van der Waals surface area (Å²) in [5.41, 5.74) is -0.571. The quantitative estimate of drug-likeness (QED) is 0.673. The van der Waals surface area contributed by atoms with E-state index < -0.39 is 36.1 Å². The topological polar surface area (TPSA) is 55.4 Å². The Morgan fingerprint density at radius 2 is 1.64 bits per heavy atom. The van der Waals surface area contributed by atoms with Gasteiger partial charge in [-0.1, -0.05) is 62.7 Å². The van der Waals surface area contributed by atoms with Crippen molar-refractivity contribution in [2.24, 2.45) is 5.92 Å². The number of ether oxygens (including phenoxy) is 1. The largest absolute Gasteiger partial charge is 0.455 e. The summed E-state index contributed by atoms with van der Waals surface area (Å²) < 4.78 is 44.1. The Hall–Kier alpha value is -2.83. The number of carbonyl (C=O) groups is 2. The van der Waals surface area contributed by atoms with Crippen LogP contribution in [0.1, 0.15) is 37.3 Å². The van der Waals surface area contributed by atoms with Gasteiger partial charge in [-0.3, -0.25) is 9.59 Å². The highest BCUT2D eigenvalue weighted by atomic mass is 19.4. The molecule has 0 fully saturated rings. The molecule has 0 aliphatic carbocycles. The first-order valence-electron chi connectivity index (χ1n) is 8.91. The van der Waals surface area contributed by atoms with Crippen LogP contribution >= 0.6 is 0 Å². The number of hydrogen-bond acceptors (Lipinski definition) is 3. The molecule has 0 radical (unpaired) electrons. The number of nitrogens with one attached hydrogen (secondary N) is 1. The van der Waals surface area contributed by atoms with Crippen molar-refractivity contribution in [2.45, 2.75) is 32.4 Å². The van der Waals surface area contributed by atoms with Crippen LogP contribution in [0.15, 0.2) is 54.6 Å². The molecule has 2 rings (SSSR count). The summed E-state index contributed by atoms with van der Waals surface area (Å²) in [6.45, 7) is 3.18. The number of benzene rings is 2. The molecule has 28 heavy (non-hydrogen) atoms. The molecule has 2 aromatic rings. The van der Waals surface area contributed by atoms with Crippen LogP contribution in [0.25, 0.3) is 0 Å². The zero-order valence-corrected chi connectivity index (χ0v) is 15.6. The maximum Gasteiger partial charge on any atom is 0.418 e. The Labute approximate surface area is 161 Å². The van der Waals surface area contributed by atoms with Crippen LogP contribution in [0.5, 0.6) is 0 Å². The first-order valence-corrected chi connectivity index (χ1v) is 8.91. The van der Waals surface area contributed by atoms with Crippen LogP contribution < -0.4 is 5.32 Å². The molecule has 1 N–H and O–H groups in total. The SMILES string of the molecule is CC[C@@H](C)[C@H](C(=O)OCC(=O)Nc1ccccc1C(F)(F)F)c1ccccc1. The molecule has 0 saturated heterocycles. The summed E-state index contributed by atoms with van der Waals surface area (Å²) in [5.74, 6) is -1.99. The van der Waals surface area contributed by atoms with Gasteiger partial charge >= 0.3 is 12.1 Å². The third-order valence-electron chi connectivity index (χ3n) is 4.48. The van der Waals surface area contributed by atoms with E-state index in [1.165, 1.54) is 12.1 Å². The van der Waals surface area contributed by atoms with Gasteiger partial charge in [0.05, 0.1) is 17.2 Å². The van der Waals surface area contributed by atoms with Crippen molar-refractivity contribution >= 4 is 17.6 Å². The third-order valence-corrected chi connectivity index (χ3v) is 4.48. The molecule has 0 unspecified atom stereocenters. The summed E-state index contributed by atoms with van der Waals surface area (Å²) in [6.07, 6.45) is -3.88. The highest BCUT2D eigenvalue weighted by Crippen LogP contribution is 2.34. The van der Waals surface area contributed by atoms with Crippen molar-refractivity contribution in [3.8, 4) is 0 Å². The van der Waals surface area contributed by atoms with Gasteiger partial charge in [0.2, 0.25) is 0 Å². The van der Waals surface area contributed by atoms with E-state index in [-0.39, 0.29) is 11.6 Å². The lowest BCUT2D eigenvalue weighted by atomic mass is 9.86. The second kappa shape index (κ2) is 9.39. The van der Waals surface area contributed by atoms with Crippen molar-refractivity contribution in [2.75, 3.05) is 11.9 Å². The molecule has 0 aromatic heterocycles. The molecule has 1 amide bonds. The molecule has 0 saturated carbocycles. The number of esters is 1. The molecular formula is C21H22F3NO3. The number of anilines is 1. The van der Waals surface area contributed by atoms with Gasteiger partial charge in [-0.15, -0.1) is 0 Å². The van der Waals surface area contributed by atoms with Crippen LogP contribution in [0.3, 0.4) is 0 Å². The fourth-order valence-electron chi connectivity index (χ4n) is 2.85. The Kier molecular flexibility index (Phi) is 7.20. The Morgan fingerprint density at radius 1 is 1.04 bits per heavy atom. The van der Waals surface area contributed by atoms with Crippen molar-refractivity contribution in [3.05, 3.63) is 65.7 Å². The maximum absolute atomic E-state index is 13.0. The number of alkyl halides is 3. The van der Waals surface area contributed by atoms with E-state index in [0.717, 1.165) is 24.1 Å². The van der Waals surface area contributed by atoms with Gasteiger partial charge in [0.1, 0.15) is 0 Å². The number of para-hydroxylation sites is 1. The second-order valence-electron chi connectivity index (χ2n) is 6.47. The molecule has 0 aliphatic rings. The average Bonchev–Trinajstić information content (AvgIpc) is 2.67.